The molecule has 178 valence electrons. The number of amides is 1. The molecule has 1 aromatic heterocycles. The van der Waals surface area contributed by atoms with Crippen molar-refractivity contribution in [2.24, 2.45) is 17.8 Å². The summed E-state index contributed by atoms with van der Waals surface area (Å²) in [5.41, 5.74) is 7.35. The number of nitrogens with two attached hydrogens (primary N) is 1. The van der Waals surface area contributed by atoms with Gasteiger partial charge in [-0.3, -0.25) is 9.69 Å². The molecule has 1 aromatic carbocycles. The van der Waals surface area contributed by atoms with E-state index >= 15 is 0 Å². The van der Waals surface area contributed by atoms with Crippen molar-refractivity contribution in [3.05, 3.63) is 29.0 Å². The zero-order valence-corrected chi connectivity index (χ0v) is 18.6. The Morgan fingerprint density at radius 1 is 1.15 bits per heavy atom. The Balaban J connectivity index is 0.000000385. The van der Waals surface area contributed by atoms with Gasteiger partial charge in [-0.15, -0.1) is 0 Å². The molecular formula is C22H26ClN3O7. The van der Waals surface area contributed by atoms with Gasteiger partial charge in [-0.25, -0.2) is 9.59 Å². The van der Waals surface area contributed by atoms with Crippen molar-refractivity contribution in [1.29, 1.82) is 0 Å². The monoisotopic (exact) mass is 479 g/mol. The number of ether oxygens (including phenoxy) is 1. The van der Waals surface area contributed by atoms with Crippen molar-refractivity contribution in [3.8, 4) is 0 Å². The molecule has 2 aromatic rings. The third kappa shape index (κ3) is 4.92. The number of nitrogens with one attached hydrogen (secondary N) is 1. The van der Waals surface area contributed by atoms with E-state index in [4.69, 9.17) is 46.3 Å². The molecule has 5 rings (SSSR count). The van der Waals surface area contributed by atoms with Crippen LogP contribution in [0.15, 0.2) is 22.8 Å². The number of carboxylic acids is 2. The number of piperidine rings is 1. The zero-order chi connectivity index (χ0) is 23.7. The highest BCUT2D eigenvalue weighted by atomic mass is 35.5. The zero-order valence-electron chi connectivity index (χ0n) is 17.8. The van der Waals surface area contributed by atoms with E-state index in [2.05, 4.69) is 10.2 Å². The van der Waals surface area contributed by atoms with E-state index in [0.29, 0.717) is 57.6 Å². The van der Waals surface area contributed by atoms with Crippen molar-refractivity contribution < 1.29 is 33.8 Å². The van der Waals surface area contributed by atoms with Gasteiger partial charge in [0.1, 0.15) is 5.58 Å². The number of hydrogen-bond donors (Lipinski definition) is 4. The fourth-order valence-corrected chi connectivity index (χ4v) is 5.15. The van der Waals surface area contributed by atoms with Crippen LogP contribution in [-0.4, -0.2) is 71.8 Å². The van der Waals surface area contributed by atoms with E-state index in [9.17, 15) is 4.79 Å². The smallest absolute Gasteiger partial charge is 0.414 e. The molecule has 5 N–H and O–H groups in total. The maximum Gasteiger partial charge on any atom is 0.414 e. The van der Waals surface area contributed by atoms with Crippen molar-refractivity contribution >= 4 is 46.1 Å². The minimum absolute atomic E-state index is 0.150. The predicted molar refractivity (Wildman–Crippen MR) is 119 cm³/mol. The summed E-state index contributed by atoms with van der Waals surface area (Å²) in [4.78, 5) is 33.5. The van der Waals surface area contributed by atoms with Gasteiger partial charge in [0.2, 0.25) is 0 Å². The van der Waals surface area contributed by atoms with E-state index in [-0.39, 0.29) is 5.91 Å². The lowest BCUT2D eigenvalue weighted by atomic mass is 10.1. The molecule has 0 spiro atoms. The van der Waals surface area contributed by atoms with Crippen LogP contribution >= 0.6 is 11.6 Å². The number of hydrogen-bond acceptors (Lipinski definition) is 7. The molecule has 3 fully saturated rings. The van der Waals surface area contributed by atoms with Gasteiger partial charge in [0, 0.05) is 44.3 Å². The molecule has 11 heteroatoms. The second-order valence-electron chi connectivity index (χ2n) is 8.59. The summed E-state index contributed by atoms with van der Waals surface area (Å²) in [7, 11) is 0. The first-order chi connectivity index (χ1) is 15.8. The van der Waals surface area contributed by atoms with E-state index in [0.717, 1.165) is 39.1 Å². The highest BCUT2D eigenvalue weighted by Crippen LogP contribution is 2.52. The highest BCUT2D eigenvalue weighted by Gasteiger charge is 2.56. The summed E-state index contributed by atoms with van der Waals surface area (Å²) < 4.78 is 10.9. The van der Waals surface area contributed by atoms with Crippen LogP contribution in [-0.2, 0) is 14.3 Å². The maximum absolute atomic E-state index is 12.7. The lowest BCUT2D eigenvalue weighted by Gasteiger charge is -2.32. The van der Waals surface area contributed by atoms with Crippen LogP contribution in [0, 0.1) is 17.8 Å². The molecule has 2 unspecified atom stereocenters. The lowest BCUT2D eigenvalue weighted by Crippen LogP contribution is -2.40. The molecular weight excluding hydrogens is 454 g/mol. The van der Waals surface area contributed by atoms with Crippen LogP contribution in [0.4, 0.5) is 5.69 Å². The molecule has 3 heterocycles. The lowest BCUT2D eigenvalue weighted by molar-refractivity contribution is -0.159. The van der Waals surface area contributed by atoms with E-state index in [1.807, 2.05) is 0 Å². The van der Waals surface area contributed by atoms with Gasteiger partial charge in [-0.05, 0) is 42.7 Å². The van der Waals surface area contributed by atoms with Crippen LogP contribution in [0.1, 0.15) is 23.2 Å². The Bertz CT molecular complexity index is 1040. The summed E-state index contributed by atoms with van der Waals surface area (Å²) in [5, 5.41) is 18.9. The van der Waals surface area contributed by atoms with Crippen molar-refractivity contribution in [2.75, 3.05) is 38.6 Å². The quantitative estimate of drug-likeness (QED) is 0.380. The minimum Gasteiger partial charge on any atom is -0.473 e. The number of fused-ring (bicyclic) bond motifs is 2. The van der Waals surface area contributed by atoms with Gasteiger partial charge < -0.3 is 30.4 Å². The van der Waals surface area contributed by atoms with Crippen molar-refractivity contribution in [1.82, 2.24) is 10.2 Å². The van der Waals surface area contributed by atoms with Crippen LogP contribution in [0.2, 0.25) is 5.02 Å². The van der Waals surface area contributed by atoms with Crippen LogP contribution in [0.5, 0.6) is 0 Å². The van der Waals surface area contributed by atoms with Crippen molar-refractivity contribution in [2.45, 2.75) is 18.9 Å². The Hall–Kier alpha value is -2.82. The van der Waals surface area contributed by atoms with E-state index < -0.39 is 11.9 Å². The highest BCUT2D eigenvalue weighted by molar-refractivity contribution is 6.35. The normalized spacial score (nSPS) is 24.6. The third-order valence-electron chi connectivity index (χ3n) is 6.76. The number of carbonyl (C=O) groups is 3. The predicted octanol–water partition coefficient (Wildman–Crippen LogP) is 1.91. The molecule has 1 saturated carbocycles. The van der Waals surface area contributed by atoms with Gasteiger partial charge in [0.15, 0.2) is 0 Å². The van der Waals surface area contributed by atoms with Crippen LogP contribution in [0.25, 0.3) is 11.0 Å². The minimum atomic E-state index is -1.82. The number of aliphatic carboxylic acids is 2. The molecule has 33 heavy (non-hydrogen) atoms. The number of rotatable bonds is 4. The largest absolute Gasteiger partial charge is 0.473 e. The second kappa shape index (κ2) is 9.58. The van der Waals surface area contributed by atoms with Gasteiger partial charge in [-0.2, -0.15) is 0 Å². The van der Waals surface area contributed by atoms with Gasteiger partial charge in [0.25, 0.3) is 5.91 Å². The van der Waals surface area contributed by atoms with Crippen LogP contribution < -0.4 is 11.1 Å². The average Bonchev–Trinajstić information content (AvgIpc) is 3.17. The second-order valence-corrected chi connectivity index (χ2v) is 9.00. The number of nitrogen functional groups attached to an aromatic ring is 1. The number of likely N-dealkylation sites (tertiary alicyclic amines) is 1. The fraction of sp³-hybridized carbons (Fsp3) is 0.500. The van der Waals surface area contributed by atoms with E-state index in [1.165, 1.54) is 6.26 Å². The number of carboxylic acid groups (broad SMARTS) is 2. The number of carbonyl (C=O) groups excluding carboxylic acids is 1. The molecule has 10 nitrogen and oxygen atoms in total. The topological polar surface area (TPSA) is 155 Å². The number of anilines is 1. The summed E-state index contributed by atoms with van der Waals surface area (Å²) in [5.74, 6) is -1.78. The van der Waals surface area contributed by atoms with Crippen molar-refractivity contribution in [3.63, 3.8) is 0 Å². The summed E-state index contributed by atoms with van der Waals surface area (Å²) in [6, 6.07) is 4.02. The molecule has 2 atom stereocenters. The number of furan rings is 1. The molecule has 0 radical (unpaired) electrons. The standard InChI is InChI=1S/C20H24ClN3O3.C2H2O4/c21-17-7-13(19-12(18(17)22)3-6-27-19)20(25)23-8-14-15-9-24(10-16(14)15)11-1-4-26-5-2-11;3-1(4)2(5)6/h3,6-7,11,14-16H,1-2,4-5,8-10,22H2,(H,23,25);(H,3,4)(H,5,6). The molecule has 0 bridgehead atoms. The molecule has 1 aliphatic carbocycles. The Labute approximate surface area is 194 Å². The van der Waals surface area contributed by atoms with Gasteiger partial charge in [-0.1, -0.05) is 11.6 Å². The van der Waals surface area contributed by atoms with E-state index in [1.54, 1.807) is 12.1 Å². The molecule has 2 aliphatic heterocycles. The Morgan fingerprint density at radius 3 is 2.39 bits per heavy atom. The summed E-state index contributed by atoms with van der Waals surface area (Å²) in [6.07, 6.45) is 3.83. The summed E-state index contributed by atoms with van der Waals surface area (Å²) >= 11 is 6.18. The van der Waals surface area contributed by atoms with Gasteiger partial charge in [0.05, 0.1) is 22.5 Å². The van der Waals surface area contributed by atoms with Gasteiger partial charge >= 0.3 is 11.9 Å². The third-order valence-corrected chi connectivity index (χ3v) is 7.07. The Kier molecular flexibility index (Phi) is 6.78. The molecule has 2 saturated heterocycles. The SMILES string of the molecule is Nc1c(Cl)cc(C(=O)NCC2C3CN(C4CCOCC4)CC23)c2occc12.O=C(O)C(=O)O. The number of halogens is 1. The Morgan fingerprint density at radius 2 is 1.79 bits per heavy atom. The first-order valence-electron chi connectivity index (χ1n) is 10.8. The first-order valence-corrected chi connectivity index (χ1v) is 11.2. The van der Waals surface area contributed by atoms with Crippen LogP contribution in [0.3, 0.4) is 0 Å². The maximum atomic E-state index is 12.7. The first kappa shape index (κ1) is 23.3. The number of benzene rings is 1. The molecule has 3 aliphatic rings. The number of nitrogens with zero attached hydrogens (tertiary/aromatic N) is 1. The average molecular weight is 480 g/mol. The molecule has 1 amide bonds. The summed E-state index contributed by atoms with van der Waals surface area (Å²) in [6.45, 7) is 4.81. The fourth-order valence-electron chi connectivity index (χ4n) is 4.94.